The smallest absolute Gasteiger partial charge is 0.278 e. The number of rotatable bonds is 5. The zero-order valence-electron chi connectivity index (χ0n) is 14.1. The molecule has 0 aliphatic heterocycles. The largest absolute Gasteiger partial charge is 0.321 e. The summed E-state index contributed by atoms with van der Waals surface area (Å²) in [4.78, 5) is 25.0. The number of carbonyl (C=O) groups excluding carboxylic acids is 2. The Morgan fingerprint density at radius 1 is 1.00 bits per heavy atom. The summed E-state index contributed by atoms with van der Waals surface area (Å²) in [5, 5.41) is 10.3. The lowest BCUT2D eigenvalue weighted by atomic mass is 10.2. The number of nitrogens with one attached hydrogen (secondary N) is 2. The van der Waals surface area contributed by atoms with Crippen molar-refractivity contribution >= 4 is 34.8 Å². The van der Waals surface area contributed by atoms with E-state index in [0.29, 0.717) is 28.5 Å². The third kappa shape index (κ3) is 4.10. The molecule has 0 fully saturated rings. The van der Waals surface area contributed by atoms with Crippen molar-refractivity contribution in [2.75, 3.05) is 10.6 Å². The van der Waals surface area contributed by atoms with Crippen LogP contribution in [0.2, 0.25) is 5.02 Å². The number of halogens is 1. The lowest BCUT2D eigenvalue weighted by molar-refractivity contribution is 0.102. The predicted octanol–water partition coefficient (Wildman–Crippen LogP) is 4.06. The number of aromatic nitrogens is 2. The highest BCUT2D eigenvalue weighted by atomic mass is 35.5. The molecule has 0 aliphatic rings. The molecule has 2 N–H and O–H groups in total. The molecule has 2 aromatic carbocycles. The van der Waals surface area contributed by atoms with Crippen molar-refractivity contribution in [1.29, 1.82) is 0 Å². The van der Waals surface area contributed by atoms with Crippen LogP contribution < -0.4 is 10.6 Å². The van der Waals surface area contributed by atoms with Gasteiger partial charge in [-0.3, -0.25) is 14.3 Å². The molecule has 0 saturated carbocycles. The Bertz CT molecular complexity index is 920. The lowest BCUT2D eigenvalue weighted by Crippen LogP contribution is -2.18. The highest BCUT2D eigenvalue weighted by molar-refractivity contribution is 6.30. The van der Waals surface area contributed by atoms with Crippen LogP contribution in [0.25, 0.3) is 0 Å². The summed E-state index contributed by atoms with van der Waals surface area (Å²) in [7, 11) is 0. The molecule has 0 saturated heterocycles. The molecule has 3 aromatic rings. The highest BCUT2D eigenvalue weighted by Gasteiger charge is 2.19. The van der Waals surface area contributed by atoms with Gasteiger partial charge in [0, 0.05) is 29.0 Å². The van der Waals surface area contributed by atoms with Crippen LogP contribution >= 0.6 is 11.6 Å². The van der Waals surface area contributed by atoms with E-state index < -0.39 is 5.91 Å². The van der Waals surface area contributed by atoms with Crippen molar-refractivity contribution < 1.29 is 9.59 Å². The topological polar surface area (TPSA) is 76.0 Å². The number of hydrogen-bond acceptors (Lipinski definition) is 3. The van der Waals surface area contributed by atoms with E-state index in [4.69, 9.17) is 11.6 Å². The molecule has 0 atom stereocenters. The molecule has 3 rings (SSSR count). The zero-order chi connectivity index (χ0) is 18.5. The normalized spacial score (nSPS) is 10.4. The Balaban J connectivity index is 1.82. The molecule has 2 amide bonds. The van der Waals surface area contributed by atoms with E-state index in [1.165, 1.54) is 0 Å². The fourth-order valence-corrected chi connectivity index (χ4v) is 2.48. The van der Waals surface area contributed by atoms with Gasteiger partial charge in [0.15, 0.2) is 5.69 Å². The number of carbonyl (C=O) groups is 2. The van der Waals surface area contributed by atoms with Gasteiger partial charge in [-0.1, -0.05) is 29.8 Å². The van der Waals surface area contributed by atoms with Gasteiger partial charge in [0.25, 0.3) is 11.8 Å². The van der Waals surface area contributed by atoms with Gasteiger partial charge >= 0.3 is 0 Å². The molecule has 26 heavy (non-hydrogen) atoms. The summed E-state index contributed by atoms with van der Waals surface area (Å²) in [6.45, 7) is 2.47. The standard InChI is InChI=1S/C19H17ClN4O2/c1-2-24-12-16(22-18(25)13-8-10-14(20)11-9-13)17(23-24)19(26)21-15-6-4-3-5-7-15/h3-12H,2H2,1H3,(H,21,26)(H,22,25). The van der Waals surface area contributed by atoms with Crippen LogP contribution in [0, 0.1) is 0 Å². The SMILES string of the molecule is CCn1cc(NC(=O)c2ccc(Cl)cc2)c(C(=O)Nc2ccccc2)n1. The van der Waals surface area contributed by atoms with Crippen LogP contribution in [0.1, 0.15) is 27.8 Å². The van der Waals surface area contributed by atoms with Crippen LogP contribution in [0.5, 0.6) is 0 Å². The maximum absolute atomic E-state index is 12.6. The Hall–Kier alpha value is -3.12. The van der Waals surface area contributed by atoms with Crippen LogP contribution in [0.15, 0.2) is 60.8 Å². The van der Waals surface area contributed by atoms with Crippen LogP contribution in [-0.4, -0.2) is 21.6 Å². The molecule has 132 valence electrons. The second kappa shape index (κ2) is 7.84. The quantitative estimate of drug-likeness (QED) is 0.713. The molecule has 1 aromatic heterocycles. The van der Waals surface area contributed by atoms with E-state index in [1.807, 2.05) is 25.1 Å². The number of amides is 2. The van der Waals surface area contributed by atoms with Crippen LogP contribution in [0.3, 0.4) is 0 Å². The molecule has 0 bridgehead atoms. The molecule has 0 radical (unpaired) electrons. The van der Waals surface area contributed by atoms with E-state index in [1.54, 1.807) is 47.3 Å². The highest BCUT2D eigenvalue weighted by Crippen LogP contribution is 2.18. The minimum absolute atomic E-state index is 0.151. The average molecular weight is 369 g/mol. The first-order chi connectivity index (χ1) is 12.6. The number of nitrogens with zero attached hydrogens (tertiary/aromatic N) is 2. The van der Waals surface area contributed by atoms with Crippen LogP contribution in [0.4, 0.5) is 11.4 Å². The number of benzene rings is 2. The number of hydrogen-bond donors (Lipinski definition) is 2. The molecule has 0 aliphatic carbocycles. The van der Waals surface area contributed by atoms with Crippen molar-refractivity contribution in [1.82, 2.24) is 9.78 Å². The molecule has 7 heteroatoms. The maximum atomic E-state index is 12.6. The van der Waals surface area contributed by atoms with Gasteiger partial charge in [-0.05, 0) is 43.3 Å². The lowest BCUT2D eigenvalue weighted by Gasteiger charge is -2.06. The summed E-state index contributed by atoms with van der Waals surface area (Å²) in [6.07, 6.45) is 1.63. The van der Waals surface area contributed by atoms with Crippen molar-refractivity contribution in [3.63, 3.8) is 0 Å². The molecule has 6 nitrogen and oxygen atoms in total. The molecule has 0 unspecified atom stereocenters. The fourth-order valence-electron chi connectivity index (χ4n) is 2.35. The third-order valence-corrected chi connectivity index (χ3v) is 3.94. The monoisotopic (exact) mass is 368 g/mol. The van der Waals surface area contributed by atoms with Crippen molar-refractivity contribution in [3.05, 3.63) is 77.1 Å². The molecule has 0 spiro atoms. The number of aryl methyl sites for hydroxylation is 1. The van der Waals surface area contributed by atoms with E-state index in [9.17, 15) is 9.59 Å². The third-order valence-electron chi connectivity index (χ3n) is 3.69. The Kier molecular flexibility index (Phi) is 5.34. The maximum Gasteiger partial charge on any atom is 0.278 e. The fraction of sp³-hybridized carbons (Fsp3) is 0.105. The summed E-state index contributed by atoms with van der Waals surface area (Å²) in [5.74, 6) is -0.735. The first-order valence-electron chi connectivity index (χ1n) is 8.07. The molecular weight excluding hydrogens is 352 g/mol. The molecule has 1 heterocycles. The van der Waals surface area contributed by atoms with Gasteiger partial charge in [-0.25, -0.2) is 0 Å². The van der Waals surface area contributed by atoms with E-state index in [0.717, 1.165) is 0 Å². The van der Waals surface area contributed by atoms with E-state index in [-0.39, 0.29) is 11.6 Å². The van der Waals surface area contributed by atoms with Gasteiger partial charge in [-0.2, -0.15) is 5.10 Å². The summed E-state index contributed by atoms with van der Waals surface area (Å²) < 4.78 is 1.59. The number of anilines is 2. The van der Waals surface area contributed by atoms with Gasteiger partial charge in [0.1, 0.15) is 0 Å². The van der Waals surface area contributed by atoms with E-state index in [2.05, 4.69) is 15.7 Å². The minimum Gasteiger partial charge on any atom is -0.321 e. The first-order valence-corrected chi connectivity index (χ1v) is 8.45. The zero-order valence-corrected chi connectivity index (χ0v) is 14.8. The Morgan fingerprint density at radius 3 is 2.35 bits per heavy atom. The number of para-hydroxylation sites is 1. The summed E-state index contributed by atoms with van der Waals surface area (Å²) in [5.41, 5.74) is 1.59. The molecular formula is C19H17ClN4O2. The van der Waals surface area contributed by atoms with Gasteiger partial charge in [0.05, 0.1) is 5.69 Å². The van der Waals surface area contributed by atoms with Gasteiger partial charge in [-0.15, -0.1) is 0 Å². The van der Waals surface area contributed by atoms with Crippen molar-refractivity contribution in [3.8, 4) is 0 Å². The predicted molar refractivity (Wildman–Crippen MR) is 102 cm³/mol. The van der Waals surface area contributed by atoms with E-state index >= 15 is 0 Å². The minimum atomic E-state index is -0.394. The first kappa shape index (κ1) is 17.7. The van der Waals surface area contributed by atoms with Gasteiger partial charge < -0.3 is 10.6 Å². The van der Waals surface area contributed by atoms with Crippen molar-refractivity contribution in [2.24, 2.45) is 0 Å². The second-order valence-corrected chi connectivity index (χ2v) is 5.96. The van der Waals surface area contributed by atoms with Gasteiger partial charge in [0.2, 0.25) is 0 Å². The average Bonchev–Trinajstić information content (AvgIpc) is 3.06. The van der Waals surface area contributed by atoms with Crippen LogP contribution in [-0.2, 0) is 6.54 Å². The second-order valence-electron chi connectivity index (χ2n) is 5.53. The van der Waals surface area contributed by atoms with Crippen molar-refractivity contribution in [2.45, 2.75) is 13.5 Å². The Labute approximate surface area is 155 Å². The summed E-state index contributed by atoms with van der Waals surface area (Å²) >= 11 is 5.84. The summed E-state index contributed by atoms with van der Waals surface area (Å²) in [6, 6.07) is 15.6. The Morgan fingerprint density at radius 2 is 1.69 bits per heavy atom.